The average molecular weight is 713 g/mol. The Balaban J connectivity index is 1.82. The third-order valence-electron chi connectivity index (χ3n) is 13.1. The minimum Gasteiger partial charge on any atom is -0.458 e. The number of rotatable bonds is 10. The molecule has 1 aromatic rings. The fourth-order valence-corrected chi connectivity index (χ4v) is 14.1. The molecule has 2 saturated carbocycles. The number of esters is 2. The molecular weight excluding hydrogens is 653 g/mol. The summed E-state index contributed by atoms with van der Waals surface area (Å²) in [6, 6.07) is 11.9. The van der Waals surface area contributed by atoms with E-state index in [9.17, 15) is 9.59 Å². The Hall–Kier alpha value is -2.12. The van der Waals surface area contributed by atoms with Crippen LogP contribution in [0.15, 0.2) is 41.5 Å². The lowest BCUT2D eigenvalue weighted by atomic mass is 9.42. The molecule has 2 bridgehead atoms. The number of benzene rings is 1. The van der Waals surface area contributed by atoms with Crippen molar-refractivity contribution < 1.29 is 37.4 Å². The lowest BCUT2D eigenvalue weighted by molar-refractivity contribution is -0.343. The first-order chi connectivity index (χ1) is 22.7. The predicted molar refractivity (Wildman–Crippen MR) is 195 cm³/mol. The maximum Gasteiger partial charge on any atom is 0.338 e. The molecule has 49 heavy (non-hydrogen) atoms. The van der Waals surface area contributed by atoms with Gasteiger partial charge < -0.3 is 23.1 Å². The van der Waals surface area contributed by atoms with E-state index >= 15 is 4.79 Å². The van der Waals surface area contributed by atoms with Gasteiger partial charge in [-0.25, -0.2) is 4.79 Å². The minimum atomic E-state index is -2.21. The van der Waals surface area contributed by atoms with Gasteiger partial charge in [-0.05, 0) is 68.8 Å². The number of allylic oxidation sites excluding steroid dienone is 1. The number of hydrogen-bond donors (Lipinski definition) is 0. The third-order valence-corrected chi connectivity index (χ3v) is 18.8. The Bertz CT molecular complexity index is 1470. The van der Waals surface area contributed by atoms with Crippen LogP contribution in [0.4, 0.5) is 0 Å². The van der Waals surface area contributed by atoms with Crippen molar-refractivity contribution in [1.82, 2.24) is 0 Å². The topological polar surface area (TPSA) is 97.4 Å². The second-order valence-corrected chi connectivity index (χ2v) is 26.4. The molecule has 0 amide bonds. The van der Waals surface area contributed by atoms with Crippen LogP contribution in [0.1, 0.15) is 91.9 Å². The van der Waals surface area contributed by atoms with Crippen LogP contribution >= 0.6 is 0 Å². The van der Waals surface area contributed by atoms with Gasteiger partial charge in [0.05, 0.1) is 24.4 Å². The maximum absolute atomic E-state index is 15.1. The highest BCUT2D eigenvalue weighted by atomic mass is 28.4. The Morgan fingerprint density at radius 2 is 1.57 bits per heavy atom. The van der Waals surface area contributed by atoms with Gasteiger partial charge in [-0.3, -0.25) is 9.59 Å². The van der Waals surface area contributed by atoms with E-state index in [1.54, 1.807) is 12.1 Å². The summed E-state index contributed by atoms with van der Waals surface area (Å²) in [4.78, 5) is 42.5. The minimum absolute atomic E-state index is 0.0694. The maximum atomic E-state index is 15.1. The van der Waals surface area contributed by atoms with Crippen molar-refractivity contribution in [2.24, 2.45) is 22.2 Å². The van der Waals surface area contributed by atoms with Gasteiger partial charge in [0.1, 0.15) is 12.2 Å². The normalized spacial score (nSPS) is 35.7. The van der Waals surface area contributed by atoms with E-state index in [1.165, 1.54) is 6.92 Å². The summed E-state index contributed by atoms with van der Waals surface area (Å²) in [5, 5.41) is 0. The van der Waals surface area contributed by atoms with E-state index in [4.69, 9.17) is 23.1 Å². The molecule has 8 nitrogen and oxygen atoms in total. The molecule has 3 aliphatic carbocycles. The Kier molecular flexibility index (Phi) is 10.2. The molecular formula is C39H60O8Si2. The summed E-state index contributed by atoms with van der Waals surface area (Å²) in [7, 11) is -4.29. The fourth-order valence-electron chi connectivity index (χ4n) is 9.97. The highest BCUT2D eigenvalue weighted by Crippen LogP contribution is 2.67. The van der Waals surface area contributed by atoms with Crippen LogP contribution in [0.2, 0.25) is 37.8 Å². The van der Waals surface area contributed by atoms with Gasteiger partial charge >= 0.3 is 11.9 Å². The van der Waals surface area contributed by atoms with Gasteiger partial charge in [0.15, 0.2) is 28.0 Å². The molecule has 0 radical (unpaired) electrons. The van der Waals surface area contributed by atoms with E-state index in [0.29, 0.717) is 18.4 Å². The van der Waals surface area contributed by atoms with Crippen molar-refractivity contribution in [2.75, 3.05) is 6.61 Å². The zero-order valence-electron chi connectivity index (χ0n) is 32.0. The van der Waals surface area contributed by atoms with Crippen LogP contribution in [0.25, 0.3) is 0 Å². The van der Waals surface area contributed by atoms with Crippen molar-refractivity contribution in [3.63, 3.8) is 0 Å². The van der Waals surface area contributed by atoms with Crippen LogP contribution in [-0.2, 0) is 32.7 Å². The Morgan fingerprint density at radius 1 is 0.959 bits per heavy atom. The van der Waals surface area contributed by atoms with Crippen LogP contribution in [-0.4, -0.2) is 71.0 Å². The monoisotopic (exact) mass is 712 g/mol. The largest absolute Gasteiger partial charge is 0.458 e. The lowest BCUT2D eigenvalue weighted by Gasteiger charge is -2.69. The fraction of sp³-hybridized carbons (Fsp3) is 0.718. The molecule has 1 heterocycles. The molecule has 0 aromatic heterocycles. The quantitative estimate of drug-likeness (QED) is 0.177. The van der Waals surface area contributed by atoms with Gasteiger partial charge in [0.2, 0.25) is 0 Å². The van der Waals surface area contributed by atoms with Crippen molar-refractivity contribution >= 4 is 34.4 Å². The smallest absolute Gasteiger partial charge is 0.338 e. The van der Waals surface area contributed by atoms with E-state index in [1.807, 2.05) is 18.2 Å². The van der Waals surface area contributed by atoms with E-state index in [0.717, 1.165) is 29.3 Å². The average Bonchev–Trinajstić information content (AvgIpc) is 3.01. The first-order valence-corrected chi connectivity index (χ1v) is 24.3. The summed E-state index contributed by atoms with van der Waals surface area (Å²) in [6.07, 6.45) is -0.698. The summed E-state index contributed by atoms with van der Waals surface area (Å²) in [5.74, 6) is -1.38. The summed E-state index contributed by atoms with van der Waals surface area (Å²) in [6.45, 7) is 25.3. The summed E-state index contributed by atoms with van der Waals surface area (Å²) >= 11 is 0. The Morgan fingerprint density at radius 3 is 2.08 bits per heavy atom. The first-order valence-electron chi connectivity index (χ1n) is 18.4. The molecule has 1 unspecified atom stereocenters. The zero-order chi connectivity index (χ0) is 36.4. The van der Waals surface area contributed by atoms with Gasteiger partial charge in [0, 0.05) is 47.5 Å². The van der Waals surface area contributed by atoms with Crippen LogP contribution in [0.3, 0.4) is 0 Å². The van der Waals surface area contributed by atoms with Crippen LogP contribution < -0.4 is 0 Å². The molecule has 4 aliphatic rings. The van der Waals surface area contributed by atoms with Gasteiger partial charge in [-0.1, -0.05) is 66.7 Å². The number of carbonyl (C=O) groups excluding carboxylic acids is 3. The van der Waals surface area contributed by atoms with Crippen molar-refractivity contribution in [3.05, 3.63) is 47.0 Å². The second-order valence-electron chi connectivity index (χ2n) is 17.2. The molecule has 272 valence electrons. The predicted octanol–water partition coefficient (Wildman–Crippen LogP) is 8.27. The summed E-state index contributed by atoms with van der Waals surface area (Å²) < 4.78 is 34.0. The zero-order valence-corrected chi connectivity index (χ0v) is 34.0. The molecule has 1 aromatic carbocycles. The SMILES string of the molecule is CC[Si](CC)(CC)O[C@H]1C[C@H]2OC[C@@]2(OC(C)=O)C2[C@H](OC(=O)c3ccccc3)[C@]3(C)C[C@H](O[Si](C)(C)C)C(C)=C(C(=O)C[C@@]21C)C3(C)C. The highest BCUT2D eigenvalue weighted by molar-refractivity contribution is 6.73. The molecule has 0 spiro atoms. The summed E-state index contributed by atoms with van der Waals surface area (Å²) in [5.41, 5.74) is -1.28. The standard InChI is InChI=1S/C39H60O8Si2/c1-13-49(14-2,15-3)47-30-21-31-39(24-43-31,45-26(5)40)33-34(44-35(42)27-19-17-16-18-20-27)38(9)23-29(46-48(10,11)12)25(4)32(36(38,6)7)28(41)22-37(30,33)8/h16-20,29-31,33-34H,13-15,21-24H2,1-12H3/t29-,30-,31+,33?,34-,37+,38-,39-/m0/s1. The van der Waals surface area contributed by atoms with Crippen molar-refractivity contribution in [1.29, 1.82) is 0 Å². The Labute approximate surface area is 296 Å². The van der Waals surface area contributed by atoms with Crippen molar-refractivity contribution in [2.45, 2.75) is 149 Å². The molecule has 10 heteroatoms. The molecule has 8 atom stereocenters. The third kappa shape index (κ3) is 6.25. The molecule has 3 fully saturated rings. The van der Waals surface area contributed by atoms with Crippen LogP contribution in [0, 0.1) is 22.2 Å². The van der Waals surface area contributed by atoms with E-state index < -0.39 is 68.5 Å². The van der Waals surface area contributed by atoms with E-state index in [-0.39, 0.29) is 31.0 Å². The van der Waals surface area contributed by atoms with Crippen molar-refractivity contribution in [3.8, 4) is 0 Å². The number of fused-ring (bicyclic) bond motifs is 5. The number of ketones is 1. The highest BCUT2D eigenvalue weighted by Gasteiger charge is 2.75. The number of Topliss-reactive ketones (excluding diaryl/α,β-unsaturated/α-hetero) is 1. The van der Waals surface area contributed by atoms with Gasteiger partial charge in [-0.2, -0.15) is 0 Å². The molecule has 0 N–H and O–H groups in total. The first kappa shape index (κ1) is 38.1. The van der Waals surface area contributed by atoms with E-state index in [2.05, 4.69) is 75.0 Å². The lowest BCUT2D eigenvalue weighted by Crippen LogP contribution is -2.79. The second kappa shape index (κ2) is 13.1. The number of carbonyl (C=O) groups is 3. The van der Waals surface area contributed by atoms with Crippen LogP contribution in [0.5, 0.6) is 0 Å². The number of ether oxygens (including phenoxy) is 3. The molecule has 1 aliphatic heterocycles. The van der Waals surface area contributed by atoms with Gasteiger partial charge in [0.25, 0.3) is 0 Å². The number of hydrogen-bond acceptors (Lipinski definition) is 8. The molecule has 5 rings (SSSR count). The molecule has 1 saturated heterocycles. The van der Waals surface area contributed by atoms with Gasteiger partial charge in [-0.15, -0.1) is 0 Å².